The summed E-state index contributed by atoms with van der Waals surface area (Å²) >= 11 is 0. The van der Waals surface area contributed by atoms with E-state index < -0.39 is 5.60 Å². The number of carbonyl (C=O) groups excluding carboxylic acids is 1. The van der Waals surface area contributed by atoms with Crippen molar-refractivity contribution in [1.82, 2.24) is 14.7 Å². The Kier molecular flexibility index (Phi) is 5.24. The maximum Gasteiger partial charge on any atom is 0.272 e. The van der Waals surface area contributed by atoms with Crippen LogP contribution < -0.4 is 0 Å². The number of aliphatic hydroxyl groups is 1. The first-order chi connectivity index (χ1) is 10.3. The van der Waals surface area contributed by atoms with Gasteiger partial charge in [-0.05, 0) is 33.3 Å². The molecule has 0 saturated carbocycles. The minimum Gasteiger partial charge on any atom is -0.390 e. The maximum atomic E-state index is 12.8. The van der Waals surface area contributed by atoms with Crippen molar-refractivity contribution < 1.29 is 14.6 Å². The summed E-state index contributed by atoms with van der Waals surface area (Å²) in [5.74, 6) is 0.0468. The zero-order chi connectivity index (χ0) is 16.3. The van der Waals surface area contributed by atoms with Crippen molar-refractivity contribution in [1.29, 1.82) is 0 Å². The molecular formula is C16H27N3O3. The number of aromatic nitrogens is 2. The van der Waals surface area contributed by atoms with Crippen LogP contribution in [0.5, 0.6) is 0 Å². The predicted octanol–water partition coefficient (Wildman–Crippen LogP) is 1.46. The molecule has 2 atom stereocenters. The van der Waals surface area contributed by atoms with Crippen LogP contribution in [0.15, 0.2) is 6.07 Å². The van der Waals surface area contributed by atoms with Crippen molar-refractivity contribution in [2.24, 2.45) is 5.92 Å². The zero-order valence-corrected chi connectivity index (χ0v) is 14.0. The number of hydrogen-bond donors (Lipinski definition) is 1. The minimum atomic E-state index is -0.693. The highest BCUT2D eigenvalue weighted by molar-refractivity contribution is 5.92. The second kappa shape index (κ2) is 6.79. The van der Waals surface area contributed by atoms with Gasteiger partial charge in [-0.3, -0.25) is 9.48 Å². The lowest BCUT2D eigenvalue weighted by Crippen LogP contribution is -2.51. The average molecular weight is 309 g/mol. The summed E-state index contributed by atoms with van der Waals surface area (Å²) < 4.78 is 7.08. The zero-order valence-electron chi connectivity index (χ0n) is 14.0. The van der Waals surface area contributed by atoms with Crippen LogP contribution in [-0.2, 0) is 11.3 Å². The summed E-state index contributed by atoms with van der Waals surface area (Å²) in [5, 5.41) is 14.6. The SMILES string of the molecule is CCOCCn1nc(C)cc1C(=O)N1CC[C@](C)(O)C(C)C1. The van der Waals surface area contributed by atoms with E-state index in [1.807, 2.05) is 38.7 Å². The second-order valence-corrected chi connectivity index (χ2v) is 6.35. The van der Waals surface area contributed by atoms with Crippen molar-refractivity contribution in [3.8, 4) is 0 Å². The molecule has 1 amide bonds. The Labute approximate surface area is 132 Å². The van der Waals surface area contributed by atoms with Crippen LogP contribution in [0.4, 0.5) is 0 Å². The third-order valence-corrected chi connectivity index (χ3v) is 4.50. The fourth-order valence-electron chi connectivity index (χ4n) is 2.76. The van der Waals surface area contributed by atoms with Gasteiger partial charge in [0, 0.05) is 25.6 Å². The quantitative estimate of drug-likeness (QED) is 0.836. The number of aryl methyl sites for hydroxylation is 1. The molecule has 1 fully saturated rings. The van der Waals surface area contributed by atoms with Gasteiger partial charge in [-0.25, -0.2) is 0 Å². The molecule has 1 aromatic heterocycles. The van der Waals surface area contributed by atoms with E-state index >= 15 is 0 Å². The monoisotopic (exact) mass is 309 g/mol. The van der Waals surface area contributed by atoms with Crippen molar-refractivity contribution in [3.05, 3.63) is 17.5 Å². The second-order valence-electron chi connectivity index (χ2n) is 6.35. The average Bonchev–Trinajstić information content (AvgIpc) is 2.82. The molecule has 1 unspecified atom stereocenters. The molecule has 1 N–H and O–H groups in total. The number of nitrogens with zero attached hydrogens (tertiary/aromatic N) is 3. The molecule has 6 heteroatoms. The molecule has 1 aliphatic rings. The lowest BCUT2D eigenvalue weighted by molar-refractivity contribution is -0.0441. The van der Waals surface area contributed by atoms with Gasteiger partial charge in [0.25, 0.3) is 5.91 Å². The molecule has 0 radical (unpaired) electrons. The summed E-state index contributed by atoms with van der Waals surface area (Å²) in [6.45, 7) is 10.6. The van der Waals surface area contributed by atoms with Gasteiger partial charge in [-0.2, -0.15) is 5.10 Å². The van der Waals surface area contributed by atoms with Crippen molar-refractivity contribution in [2.75, 3.05) is 26.3 Å². The molecule has 1 aliphatic heterocycles. The van der Waals surface area contributed by atoms with E-state index in [0.29, 0.717) is 45.0 Å². The first-order valence-corrected chi connectivity index (χ1v) is 7.99. The van der Waals surface area contributed by atoms with Crippen LogP contribution in [-0.4, -0.2) is 57.6 Å². The van der Waals surface area contributed by atoms with E-state index in [4.69, 9.17) is 4.74 Å². The van der Waals surface area contributed by atoms with Crippen LogP contribution in [0, 0.1) is 12.8 Å². The van der Waals surface area contributed by atoms with Crippen LogP contribution in [0.1, 0.15) is 43.4 Å². The fraction of sp³-hybridized carbons (Fsp3) is 0.750. The topological polar surface area (TPSA) is 67.6 Å². The van der Waals surface area contributed by atoms with Crippen LogP contribution >= 0.6 is 0 Å². The summed E-state index contributed by atoms with van der Waals surface area (Å²) in [5.41, 5.74) is 0.741. The van der Waals surface area contributed by atoms with Gasteiger partial charge < -0.3 is 14.7 Å². The number of ether oxygens (including phenoxy) is 1. The summed E-state index contributed by atoms with van der Waals surface area (Å²) in [6.07, 6.45) is 0.603. The van der Waals surface area contributed by atoms with Gasteiger partial charge in [0.1, 0.15) is 5.69 Å². The van der Waals surface area contributed by atoms with Crippen LogP contribution in [0.2, 0.25) is 0 Å². The standard InChI is InChI=1S/C16H27N3O3/c1-5-22-9-8-19-14(10-13(3)17-19)15(20)18-7-6-16(4,21)12(2)11-18/h10,12,21H,5-9,11H2,1-4H3/t12?,16-/m0/s1. The molecule has 6 nitrogen and oxygen atoms in total. The highest BCUT2D eigenvalue weighted by Crippen LogP contribution is 2.28. The first kappa shape index (κ1) is 17.0. The Morgan fingerprint density at radius 3 is 2.95 bits per heavy atom. The van der Waals surface area contributed by atoms with Gasteiger partial charge in [-0.15, -0.1) is 0 Å². The number of carbonyl (C=O) groups is 1. The molecule has 0 bridgehead atoms. The lowest BCUT2D eigenvalue weighted by Gasteiger charge is -2.41. The third-order valence-electron chi connectivity index (χ3n) is 4.50. The highest BCUT2D eigenvalue weighted by atomic mass is 16.5. The molecule has 22 heavy (non-hydrogen) atoms. The Bertz CT molecular complexity index is 525. The Morgan fingerprint density at radius 2 is 2.32 bits per heavy atom. The largest absolute Gasteiger partial charge is 0.390 e. The molecule has 0 aromatic carbocycles. The smallest absolute Gasteiger partial charge is 0.272 e. The van der Waals surface area contributed by atoms with Gasteiger partial charge >= 0.3 is 0 Å². The summed E-state index contributed by atoms with van der Waals surface area (Å²) in [4.78, 5) is 14.6. The van der Waals surface area contributed by atoms with Crippen LogP contribution in [0.25, 0.3) is 0 Å². The number of rotatable bonds is 5. The normalized spacial score (nSPS) is 25.5. The Morgan fingerprint density at radius 1 is 1.59 bits per heavy atom. The Balaban J connectivity index is 2.09. The summed E-state index contributed by atoms with van der Waals surface area (Å²) in [6, 6.07) is 1.83. The lowest BCUT2D eigenvalue weighted by atomic mass is 9.84. The van der Waals surface area contributed by atoms with Crippen molar-refractivity contribution in [2.45, 2.75) is 46.3 Å². The van der Waals surface area contributed by atoms with Gasteiger partial charge in [0.2, 0.25) is 0 Å². The highest BCUT2D eigenvalue weighted by Gasteiger charge is 2.37. The number of likely N-dealkylation sites (tertiary alicyclic amines) is 1. The third kappa shape index (κ3) is 3.67. The van der Waals surface area contributed by atoms with E-state index in [9.17, 15) is 9.90 Å². The van der Waals surface area contributed by atoms with E-state index in [-0.39, 0.29) is 11.8 Å². The van der Waals surface area contributed by atoms with E-state index in [0.717, 1.165) is 5.69 Å². The molecular weight excluding hydrogens is 282 g/mol. The summed E-state index contributed by atoms with van der Waals surface area (Å²) in [7, 11) is 0. The molecule has 2 heterocycles. The number of amides is 1. The van der Waals surface area contributed by atoms with Crippen molar-refractivity contribution >= 4 is 5.91 Å². The first-order valence-electron chi connectivity index (χ1n) is 7.99. The number of piperidine rings is 1. The molecule has 124 valence electrons. The fourth-order valence-corrected chi connectivity index (χ4v) is 2.76. The molecule has 0 aliphatic carbocycles. The molecule has 1 aromatic rings. The van der Waals surface area contributed by atoms with Gasteiger partial charge in [0.15, 0.2) is 0 Å². The van der Waals surface area contributed by atoms with Gasteiger partial charge in [-0.1, -0.05) is 6.92 Å². The Hall–Kier alpha value is -1.40. The predicted molar refractivity (Wildman–Crippen MR) is 83.8 cm³/mol. The van der Waals surface area contributed by atoms with Gasteiger partial charge in [0.05, 0.1) is 24.4 Å². The minimum absolute atomic E-state index is 0.0144. The molecule has 2 rings (SSSR count). The molecule has 0 spiro atoms. The van der Waals surface area contributed by atoms with E-state index in [1.54, 1.807) is 4.68 Å². The number of hydrogen-bond acceptors (Lipinski definition) is 4. The van der Waals surface area contributed by atoms with E-state index in [2.05, 4.69) is 5.10 Å². The van der Waals surface area contributed by atoms with Crippen LogP contribution in [0.3, 0.4) is 0 Å². The van der Waals surface area contributed by atoms with Crippen molar-refractivity contribution in [3.63, 3.8) is 0 Å². The van der Waals surface area contributed by atoms with E-state index in [1.165, 1.54) is 0 Å². The molecule has 1 saturated heterocycles. The maximum absolute atomic E-state index is 12.8.